The van der Waals surface area contributed by atoms with Gasteiger partial charge in [0.05, 0.1) is 18.4 Å². The van der Waals surface area contributed by atoms with E-state index in [0.717, 1.165) is 23.4 Å². The zero-order chi connectivity index (χ0) is 19.2. The van der Waals surface area contributed by atoms with Gasteiger partial charge in [0.1, 0.15) is 5.69 Å². The first-order chi connectivity index (χ1) is 12.8. The number of aryl methyl sites for hydroxylation is 1. The van der Waals surface area contributed by atoms with Gasteiger partial charge in [-0.05, 0) is 13.0 Å². The van der Waals surface area contributed by atoms with Gasteiger partial charge in [0.25, 0.3) is 0 Å². The molecule has 2 fully saturated rings. The van der Waals surface area contributed by atoms with Gasteiger partial charge < -0.3 is 9.47 Å². The van der Waals surface area contributed by atoms with Crippen LogP contribution in [0.1, 0.15) is 17.7 Å². The lowest BCUT2D eigenvalue weighted by atomic mass is 10.1. The van der Waals surface area contributed by atoms with Gasteiger partial charge in [-0.15, -0.1) is 0 Å². The molecule has 142 valence electrons. The van der Waals surface area contributed by atoms with Gasteiger partial charge in [0.2, 0.25) is 6.29 Å². The second-order valence-corrected chi connectivity index (χ2v) is 7.66. The molecule has 0 amide bonds. The number of fused-ring (bicyclic) bond motifs is 2. The molecule has 0 saturated carbocycles. The standard InChI is InChI=1S/C18H15F3N2O3S/c1-9-2-4-10(5-3-9)11-6-15(18(19,20)21)23-17(22-11)27-14-7-12(24)16-25-8-13(14)26-16/h2-6,13-14,16H,7-8H2,1H3/t13-,14-,16-/m1/s1. The number of alkyl halides is 3. The molecule has 5 nitrogen and oxygen atoms in total. The largest absolute Gasteiger partial charge is 0.433 e. The molecule has 0 spiro atoms. The van der Waals surface area contributed by atoms with E-state index in [2.05, 4.69) is 9.97 Å². The Morgan fingerprint density at radius 2 is 1.93 bits per heavy atom. The van der Waals surface area contributed by atoms with Crippen molar-refractivity contribution in [2.24, 2.45) is 0 Å². The summed E-state index contributed by atoms with van der Waals surface area (Å²) in [6.07, 6.45) is -5.66. The van der Waals surface area contributed by atoms with E-state index in [-0.39, 0.29) is 41.0 Å². The Morgan fingerprint density at radius 3 is 2.63 bits per heavy atom. The molecule has 4 rings (SSSR count). The van der Waals surface area contributed by atoms with Gasteiger partial charge in [0, 0.05) is 17.2 Å². The number of thioether (sulfide) groups is 1. The Kier molecular flexibility index (Phi) is 4.69. The average Bonchev–Trinajstić information content (AvgIpc) is 3.05. The van der Waals surface area contributed by atoms with Crippen molar-refractivity contribution in [1.82, 2.24) is 9.97 Å². The van der Waals surface area contributed by atoms with Crippen LogP contribution in [0, 0.1) is 6.92 Å². The van der Waals surface area contributed by atoms with E-state index >= 15 is 0 Å². The van der Waals surface area contributed by atoms with Crippen LogP contribution in [0.5, 0.6) is 0 Å². The lowest BCUT2D eigenvalue weighted by molar-refractivity contribution is -0.151. The fraction of sp³-hybridized carbons (Fsp3) is 0.389. The predicted molar refractivity (Wildman–Crippen MR) is 91.1 cm³/mol. The Hall–Kier alpha value is -1.97. The Labute approximate surface area is 157 Å². The lowest BCUT2D eigenvalue weighted by Gasteiger charge is -2.25. The summed E-state index contributed by atoms with van der Waals surface area (Å²) in [5.74, 6) is -0.216. The SMILES string of the molecule is Cc1ccc(-c2cc(C(F)(F)F)nc(S[C@@H]3CC(=O)[C@@H]4OC[C@H]3O4)n2)cc1. The summed E-state index contributed by atoms with van der Waals surface area (Å²) in [6, 6.07) is 7.98. The number of Topliss-reactive ketones (excluding diaryl/α,β-unsaturated/α-hetero) is 1. The molecule has 2 aromatic rings. The molecule has 0 radical (unpaired) electrons. The van der Waals surface area contributed by atoms with E-state index in [1.54, 1.807) is 24.3 Å². The molecule has 0 unspecified atom stereocenters. The van der Waals surface area contributed by atoms with Gasteiger partial charge in [-0.25, -0.2) is 9.97 Å². The van der Waals surface area contributed by atoms with Crippen molar-refractivity contribution in [3.8, 4) is 11.3 Å². The van der Waals surface area contributed by atoms with Crippen molar-refractivity contribution in [2.75, 3.05) is 6.61 Å². The number of rotatable bonds is 3. The number of carbonyl (C=O) groups excluding carboxylic acids is 1. The zero-order valence-electron chi connectivity index (χ0n) is 14.2. The molecule has 2 aliphatic heterocycles. The second kappa shape index (κ2) is 6.88. The molecule has 0 N–H and O–H groups in total. The fourth-order valence-electron chi connectivity index (χ4n) is 2.96. The maximum absolute atomic E-state index is 13.3. The number of hydrogen-bond donors (Lipinski definition) is 0. The Bertz CT molecular complexity index is 873. The van der Waals surface area contributed by atoms with Gasteiger partial charge in [-0.3, -0.25) is 4.79 Å². The van der Waals surface area contributed by atoms with Gasteiger partial charge in [0.15, 0.2) is 10.9 Å². The Morgan fingerprint density at radius 1 is 1.19 bits per heavy atom. The summed E-state index contributed by atoms with van der Waals surface area (Å²) in [4.78, 5) is 19.9. The maximum Gasteiger partial charge on any atom is 0.433 e. The smallest absolute Gasteiger partial charge is 0.343 e. The number of aromatic nitrogens is 2. The van der Waals surface area contributed by atoms with Gasteiger partial charge in [-0.2, -0.15) is 13.2 Å². The van der Waals surface area contributed by atoms with E-state index in [4.69, 9.17) is 9.47 Å². The quantitative estimate of drug-likeness (QED) is 0.739. The minimum absolute atomic E-state index is 0.0350. The molecule has 3 atom stereocenters. The highest BCUT2D eigenvalue weighted by molar-refractivity contribution is 7.99. The molecule has 2 bridgehead atoms. The van der Waals surface area contributed by atoms with Crippen LogP contribution >= 0.6 is 11.8 Å². The third kappa shape index (κ3) is 3.85. The predicted octanol–water partition coefficient (Wildman–Crippen LogP) is 3.65. The highest BCUT2D eigenvalue weighted by atomic mass is 32.2. The summed E-state index contributed by atoms with van der Waals surface area (Å²) in [5, 5.41) is -0.419. The fourth-order valence-corrected chi connectivity index (χ4v) is 4.07. The molecule has 3 heterocycles. The van der Waals surface area contributed by atoms with Crippen molar-refractivity contribution >= 4 is 17.5 Å². The summed E-state index contributed by atoms with van der Waals surface area (Å²) in [5.41, 5.74) is 0.727. The number of benzene rings is 1. The highest BCUT2D eigenvalue weighted by Gasteiger charge is 2.44. The van der Waals surface area contributed by atoms with E-state index in [0.29, 0.717) is 5.56 Å². The molecule has 1 aromatic carbocycles. The van der Waals surface area contributed by atoms with Crippen molar-refractivity contribution in [3.63, 3.8) is 0 Å². The topological polar surface area (TPSA) is 61.3 Å². The third-order valence-electron chi connectivity index (χ3n) is 4.39. The number of carbonyl (C=O) groups is 1. The molecule has 0 aliphatic carbocycles. The number of hydrogen-bond acceptors (Lipinski definition) is 6. The molecule has 9 heteroatoms. The van der Waals surface area contributed by atoms with Gasteiger partial charge >= 0.3 is 6.18 Å². The van der Waals surface area contributed by atoms with Crippen LogP contribution in [0.2, 0.25) is 0 Å². The summed E-state index contributed by atoms with van der Waals surface area (Å²) < 4.78 is 50.6. The minimum atomic E-state index is -4.60. The average molecular weight is 396 g/mol. The van der Waals surface area contributed by atoms with Crippen LogP contribution in [0.15, 0.2) is 35.5 Å². The van der Waals surface area contributed by atoms with Gasteiger partial charge in [-0.1, -0.05) is 41.6 Å². The van der Waals surface area contributed by atoms with Crippen LogP contribution < -0.4 is 0 Å². The van der Waals surface area contributed by atoms with E-state index < -0.39 is 18.2 Å². The van der Waals surface area contributed by atoms with E-state index in [1.165, 1.54) is 0 Å². The maximum atomic E-state index is 13.3. The first-order valence-corrected chi connectivity index (χ1v) is 9.17. The van der Waals surface area contributed by atoms with Crippen LogP contribution in [0.25, 0.3) is 11.3 Å². The Balaban J connectivity index is 1.68. The molecule has 2 aliphatic rings. The summed E-state index contributed by atoms with van der Waals surface area (Å²) in [6.45, 7) is 2.13. The van der Waals surface area contributed by atoms with Crippen LogP contribution in [0.3, 0.4) is 0 Å². The van der Waals surface area contributed by atoms with E-state index in [1.807, 2.05) is 6.92 Å². The number of nitrogens with zero attached hydrogens (tertiary/aromatic N) is 2. The molecule has 1 aromatic heterocycles. The molecule has 27 heavy (non-hydrogen) atoms. The normalized spacial score (nSPS) is 25.0. The first kappa shape index (κ1) is 18.4. The zero-order valence-corrected chi connectivity index (χ0v) is 15.0. The second-order valence-electron chi connectivity index (χ2n) is 6.45. The highest BCUT2D eigenvalue weighted by Crippen LogP contribution is 2.37. The molecular formula is C18H15F3N2O3S. The molecule has 2 saturated heterocycles. The van der Waals surface area contributed by atoms with Crippen LogP contribution in [-0.2, 0) is 20.4 Å². The van der Waals surface area contributed by atoms with Crippen molar-refractivity contribution in [3.05, 3.63) is 41.6 Å². The van der Waals surface area contributed by atoms with Crippen molar-refractivity contribution in [2.45, 2.75) is 42.3 Å². The summed E-state index contributed by atoms with van der Waals surface area (Å²) >= 11 is 1.02. The summed E-state index contributed by atoms with van der Waals surface area (Å²) in [7, 11) is 0. The van der Waals surface area contributed by atoms with E-state index in [9.17, 15) is 18.0 Å². The number of ether oxygens (including phenoxy) is 2. The van der Waals surface area contributed by atoms with Crippen LogP contribution in [0.4, 0.5) is 13.2 Å². The lowest BCUT2D eigenvalue weighted by Crippen LogP contribution is -2.37. The third-order valence-corrected chi connectivity index (χ3v) is 5.56. The van der Waals surface area contributed by atoms with Crippen LogP contribution in [-0.4, -0.2) is 40.0 Å². The number of ketones is 1. The number of halogens is 3. The first-order valence-electron chi connectivity index (χ1n) is 8.29. The minimum Gasteiger partial charge on any atom is -0.343 e. The monoisotopic (exact) mass is 396 g/mol. The van der Waals surface area contributed by atoms with Crippen molar-refractivity contribution in [1.29, 1.82) is 0 Å². The molecular weight excluding hydrogens is 381 g/mol. The van der Waals surface area contributed by atoms with Crippen molar-refractivity contribution < 1.29 is 27.4 Å².